The van der Waals surface area contributed by atoms with Crippen LogP contribution in [0.5, 0.6) is 0 Å². The smallest absolute Gasteiger partial charge is 0.0616 e. The lowest BCUT2D eigenvalue weighted by atomic mass is 9.56. The van der Waals surface area contributed by atoms with E-state index in [9.17, 15) is 0 Å². The highest BCUT2D eigenvalue weighted by atomic mass is 16.5. The summed E-state index contributed by atoms with van der Waals surface area (Å²) in [4.78, 5) is 6.24. The molecule has 0 radical (unpaired) electrons. The molecule has 0 aromatic heterocycles. The van der Waals surface area contributed by atoms with E-state index >= 15 is 0 Å². The molecule has 3 saturated carbocycles. The van der Waals surface area contributed by atoms with Gasteiger partial charge in [-0.2, -0.15) is 0 Å². The lowest BCUT2D eigenvalue weighted by Crippen LogP contribution is -2.49. The molecule has 6 fully saturated rings. The average Bonchev–Trinajstić information content (AvgIpc) is 2.03. The highest BCUT2D eigenvalue weighted by molar-refractivity contribution is 5.51. The van der Waals surface area contributed by atoms with E-state index < -0.39 is 0 Å². The van der Waals surface area contributed by atoms with Crippen LogP contribution in [0.4, 0.5) is 0 Å². The van der Waals surface area contributed by atoms with Crippen LogP contribution in [-0.4, -0.2) is 46.2 Å². The predicted octanol–water partition coefficient (Wildman–Crippen LogP) is 20.9. The van der Waals surface area contributed by atoms with Gasteiger partial charge < -0.3 is 14.5 Å². The normalized spacial score (nSPS) is 42.6. The van der Waals surface area contributed by atoms with Gasteiger partial charge in [0, 0.05) is 35.3 Å². The van der Waals surface area contributed by atoms with Gasteiger partial charge >= 0.3 is 0 Å². The Morgan fingerprint density at radius 1 is 0.593 bits per heavy atom. The Kier molecular flexibility index (Phi) is 16.7. The van der Waals surface area contributed by atoms with Crippen LogP contribution >= 0.6 is 0 Å². The number of allylic oxidation sites excluding steroid dienone is 20. The highest BCUT2D eigenvalue weighted by Gasteiger charge is 2.52. The summed E-state index contributed by atoms with van der Waals surface area (Å²) in [5.74, 6) is 9.45. The van der Waals surface area contributed by atoms with Crippen molar-refractivity contribution < 1.29 is 4.74 Å². The van der Waals surface area contributed by atoms with E-state index in [4.69, 9.17) is 4.74 Å². The zero-order chi connectivity index (χ0) is 58.0. The molecule has 3 nitrogen and oxygen atoms in total. The van der Waals surface area contributed by atoms with Crippen molar-refractivity contribution in [3.63, 3.8) is 0 Å². The number of fused-ring (bicyclic) bond motifs is 6. The van der Waals surface area contributed by atoms with Crippen LogP contribution < -0.4 is 0 Å². The van der Waals surface area contributed by atoms with Crippen molar-refractivity contribution in [1.82, 2.24) is 9.80 Å². The Morgan fingerprint density at radius 3 is 2.13 bits per heavy atom. The van der Waals surface area contributed by atoms with E-state index in [1.807, 2.05) is 11.1 Å². The second kappa shape index (κ2) is 24.8. The van der Waals surface area contributed by atoms with E-state index in [1.54, 1.807) is 33.7 Å². The van der Waals surface area contributed by atoms with Gasteiger partial charge in [-0.3, -0.25) is 0 Å². The lowest BCUT2D eigenvalue weighted by molar-refractivity contribution is -0.0220. The summed E-state index contributed by atoms with van der Waals surface area (Å²) in [6.45, 7) is 18.1. The first kappa shape index (κ1) is 58.1. The quantitative estimate of drug-likeness (QED) is 0.214. The largest absolute Gasteiger partial charge is 0.374 e. The Labute approximate surface area is 522 Å². The van der Waals surface area contributed by atoms with Gasteiger partial charge in [-0.15, -0.1) is 13.2 Å². The Morgan fingerprint density at radius 2 is 1.38 bits per heavy atom. The molecule has 86 heavy (non-hydrogen) atoms. The standard InChI is InChI=1S/C83H110N2O/c1-6-54-17-23-57(24-18-54)63-34-48-81-78(49-63)79-52-77-62-29-39-65(40-30-62)84(67-41-31-60-26-25-58-13-9-10-15-72(58)75(60)50-67)68-42-47-74(76(51-68)61-32-45-70(46-33-61)86-69-43-21-56(8-3)22-44-69)73-16-12-11-14-71(73)59-27-35-64(36-28-59)83(4,5)80(77)53-82(79)85(81)66-37-19-55(7-2)20-38-66/h6-9,13,17,21,23-24,31-32,37,39,42,47,49,52-55,58-59,62-64,67-76,79,81-82H,1-3,10-12,14-16,18-20,22,25-30,33-36,38,40-41,43-46,48,50-51H2,4-5H3. The van der Waals surface area contributed by atoms with Crippen molar-refractivity contribution >= 4 is 0 Å². The van der Waals surface area contributed by atoms with Gasteiger partial charge in [-0.25, -0.2) is 0 Å². The molecule has 0 amide bonds. The molecule has 3 heteroatoms. The second-order valence-electron chi connectivity index (χ2n) is 31.6. The molecule has 7 heterocycles. The fourth-order valence-corrected chi connectivity index (χ4v) is 22.5. The van der Waals surface area contributed by atoms with Gasteiger partial charge in [0.05, 0.1) is 24.3 Å². The fraction of sp³-hybridized carbons (Fsp3) is 0.639. The van der Waals surface area contributed by atoms with E-state index in [0.29, 0.717) is 83.7 Å². The summed E-state index contributed by atoms with van der Waals surface area (Å²) < 4.78 is 7.01. The van der Waals surface area contributed by atoms with Crippen LogP contribution in [0, 0.1) is 88.3 Å². The van der Waals surface area contributed by atoms with Crippen molar-refractivity contribution in [2.45, 2.75) is 243 Å². The van der Waals surface area contributed by atoms with Gasteiger partial charge in [0.2, 0.25) is 0 Å². The van der Waals surface area contributed by atoms with Crippen molar-refractivity contribution in [3.05, 3.63) is 180 Å². The van der Waals surface area contributed by atoms with Crippen molar-refractivity contribution in [2.75, 3.05) is 0 Å². The number of nitrogens with zero attached hydrogens (tertiary/aromatic N) is 2. The van der Waals surface area contributed by atoms with E-state index in [2.05, 4.69) is 153 Å². The number of hydrogen-bond acceptors (Lipinski definition) is 3. The predicted molar refractivity (Wildman–Crippen MR) is 359 cm³/mol. The molecule has 458 valence electrons. The molecule has 0 aromatic carbocycles. The third-order valence-electron chi connectivity index (χ3n) is 27.3. The molecule has 3 saturated heterocycles. The molecule has 20 aliphatic rings. The monoisotopic (exact) mass is 1150 g/mol. The van der Waals surface area contributed by atoms with Crippen LogP contribution in [0.25, 0.3) is 0 Å². The molecular weight excluding hydrogens is 1040 g/mol. The number of hydrogen-bond donors (Lipinski definition) is 0. The van der Waals surface area contributed by atoms with Gasteiger partial charge in [0.1, 0.15) is 0 Å². The van der Waals surface area contributed by atoms with Crippen LogP contribution in [-0.2, 0) is 4.74 Å². The maximum absolute atomic E-state index is 7.01. The number of ether oxygens (including phenoxy) is 1. The first-order valence-corrected chi connectivity index (χ1v) is 36.6. The maximum Gasteiger partial charge on any atom is 0.0616 e. The summed E-state index contributed by atoms with van der Waals surface area (Å²) in [5.41, 5.74) is 15.4. The van der Waals surface area contributed by atoms with Crippen molar-refractivity contribution in [3.8, 4) is 0 Å². The Bertz CT molecular complexity index is 2980. The van der Waals surface area contributed by atoms with E-state index in [1.165, 1.54) is 160 Å². The van der Waals surface area contributed by atoms with Crippen LogP contribution in [0.15, 0.2) is 180 Å². The van der Waals surface area contributed by atoms with Crippen LogP contribution in [0.2, 0.25) is 0 Å². The SMILES string of the molecule is C=CC1=CCC(OC2CC=C(C3CC4C=CC3C3CCCCC3C3CCC(CC3)C(C)(C)C3=CC5C(C=C3C3CC=C(CC3)N4C3CC=C4CCC6C=CCCC6C4C3)C3=CC(C4=CCC(C=C)C=C4)CCC3N5C3=CCC(C=C)CC3)CC2)CC1. The molecule has 0 aromatic rings. The topological polar surface area (TPSA) is 15.7 Å². The molecule has 20 rings (SSSR count). The Balaban J connectivity index is 0.811. The maximum atomic E-state index is 7.01. The highest BCUT2D eigenvalue weighted by Crippen LogP contribution is 2.60. The zero-order valence-corrected chi connectivity index (χ0v) is 53.6. The van der Waals surface area contributed by atoms with Gasteiger partial charge in [-0.05, 0) is 279 Å². The third kappa shape index (κ3) is 11.0. The zero-order valence-electron chi connectivity index (χ0n) is 53.6. The lowest BCUT2D eigenvalue weighted by Gasteiger charge is -2.53. The minimum atomic E-state index is 0.113. The summed E-state index contributed by atoms with van der Waals surface area (Å²) >= 11 is 0. The van der Waals surface area contributed by atoms with Gasteiger partial charge in [-0.1, -0.05) is 159 Å². The third-order valence-corrected chi connectivity index (χ3v) is 27.3. The summed E-state index contributed by atoms with van der Waals surface area (Å²) in [6, 6.07) is 1.91. The molecule has 0 N–H and O–H groups in total. The van der Waals surface area contributed by atoms with Crippen molar-refractivity contribution in [2.24, 2.45) is 88.3 Å². The first-order valence-electron chi connectivity index (χ1n) is 36.6. The number of likely N-dealkylation sites (tertiary alicyclic amines) is 1. The molecule has 7 aliphatic heterocycles. The number of rotatable bonds is 9. The van der Waals surface area contributed by atoms with Gasteiger partial charge in [0.25, 0.3) is 0 Å². The van der Waals surface area contributed by atoms with Crippen molar-refractivity contribution in [1.29, 1.82) is 0 Å². The molecule has 6 bridgehead atoms. The van der Waals surface area contributed by atoms with Crippen LogP contribution in [0.3, 0.4) is 0 Å². The minimum Gasteiger partial charge on any atom is -0.374 e. The molecule has 13 aliphatic carbocycles. The minimum absolute atomic E-state index is 0.113. The Hall–Kier alpha value is -4.34. The van der Waals surface area contributed by atoms with Gasteiger partial charge in [0.15, 0.2) is 0 Å². The summed E-state index contributed by atoms with van der Waals surface area (Å²) in [7, 11) is 0. The molecular formula is C83H110N2O. The summed E-state index contributed by atoms with van der Waals surface area (Å²) in [5, 5.41) is 0. The van der Waals surface area contributed by atoms with Crippen LogP contribution in [0.1, 0.15) is 206 Å². The molecule has 18 unspecified atom stereocenters. The first-order chi connectivity index (χ1) is 42.2. The average molecular weight is 1150 g/mol. The second-order valence-corrected chi connectivity index (χ2v) is 31.6. The van der Waals surface area contributed by atoms with E-state index in [-0.39, 0.29) is 5.41 Å². The molecule has 0 spiro atoms. The van der Waals surface area contributed by atoms with E-state index in [0.717, 1.165) is 74.0 Å². The molecule has 18 atom stereocenters. The summed E-state index contributed by atoms with van der Waals surface area (Å²) in [6.07, 6.45) is 86.4. The fourth-order valence-electron chi connectivity index (χ4n) is 22.5.